The lowest BCUT2D eigenvalue weighted by Crippen LogP contribution is -2.41. The van der Waals surface area contributed by atoms with Crippen molar-refractivity contribution < 1.29 is 22.3 Å². The van der Waals surface area contributed by atoms with Crippen LogP contribution in [-0.4, -0.2) is 20.9 Å². The number of hydrogen-bond donors (Lipinski definition) is 2. The third-order valence-corrected chi connectivity index (χ3v) is 4.11. The number of sulfonamides is 1. The Balaban J connectivity index is 2.03. The van der Waals surface area contributed by atoms with Crippen molar-refractivity contribution in [2.24, 2.45) is 0 Å². The van der Waals surface area contributed by atoms with Crippen LogP contribution in [-0.2, 0) is 10.0 Å². The van der Waals surface area contributed by atoms with Gasteiger partial charge in [0.25, 0.3) is 15.9 Å². The van der Waals surface area contributed by atoms with E-state index in [4.69, 9.17) is 4.74 Å². The molecule has 2 aromatic carbocycles. The normalized spacial score (nSPS) is 11.0. The summed E-state index contributed by atoms with van der Waals surface area (Å²) in [5, 5.41) is 0. The first-order chi connectivity index (χ1) is 10.9. The number of halogens is 1. The maximum absolute atomic E-state index is 12.8. The second kappa shape index (κ2) is 7.21. The molecule has 0 radical (unpaired) electrons. The topological polar surface area (TPSA) is 84.5 Å². The van der Waals surface area contributed by atoms with Gasteiger partial charge in [-0.15, -0.1) is 4.83 Å². The van der Waals surface area contributed by atoms with Gasteiger partial charge in [-0.3, -0.25) is 10.2 Å². The van der Waals surface area contributed by atoms with Crippen molar-refractivity contribution >= 4 is 15.9 Å². The molecule has 122 valence electrons. The van der Waals surface area contributed by atoms with Crippen molar-refractivity contribution in [3.05, 3.63) is 59.9 Å². The van der Waals surface area contributed by atoms with Crippen molar-refractivity contribution in [1.82, 2.24) is 10.3 Å². The fraction of sp³-hybridized carbons (Fsp3) is 0.133. The van der Waals surface area contributed by atoms with Crippen LogP contribution in [0.25, 0.3) is 0 Å². The Morgan fingerprint density at radius 2 is 1.70 bits per heavy atom. The molecule has 8 heteroatoms. The van der Waals surface area contributed by atoms with Gasteiger partial charge in [-0.2, -0.15) is 0 Å². The van der Waals surface area contributed by atoms with Gasteiger partial charge in [0.05, 0.1) is 11.5 Å². The van der Waals surface area contributed by atoms with E-state index in [0.717, 1.165) is 12.1 Å². The molecule has 2 rings (SSSR count). The van der Waals surface area contributed by atoms with Gasteiger partial charge in [0.15, 0.2) is 0 Å². The summed E-state index contributed by atoms with van der Waals surface area (Å²) in [5.74, 6) is -0.641. The quantitative estimate of drug-likeness (QED) is 0.787. The largest absolute Gasteiger partial charge is 0.494 e. The molecule has 0 bridgehead atoms. The Morgan fingerprint density at radius 1 is 1.09 bits per heavy atom. The zero-order valence-electron chi connectivity index (χ0n) is 12.2. The Kier molecular flexibility index (Phi) is 5.30. The van der Waals surface area contributed by atoms with Gasteiger partial charge in [0, 0.05) is 5.56 Å². The first-order valence-electron chi connectivity index (χ1n) is 6.73. The predicted octanol–water partition coefficient (Wildman–Crippen LogP) is 1.85. The highest BCUT2D eigenvalue weighted by Crippen LogP contribution is 2.15. The molecular weight excluding hydrogens is 323 g/mol. The fourth-order valence-corrected chi connectivity index (χ4v) is 2.57. The fourth-order valence-electron chi connectivity index (χ4n) is 1.73. The number of benzene rings is 2. The van der Waals surface area contributed by atoms with Crippen LogP contribution < -0.4 is 15.0 Å². The van der Waals surface area contributed by atoms with Crippen LogP contribution >= 0.6 is 0 Å². The predicted molar refractivity (Wildman–Crippen MR) is 81.8 cm³/mol. The van der Waals surface area contributed by atoms with E-state index in [1.165, 1.54) is 36.4 Å². The molecule has 0 aliphatic rings. The highest BCUT2D eigenvalue weighted by atomic mass is 32.2. The lowest BCUT2D eigenvalue weighted by Gasteiger charge is -2.09. The van der Waals surface area contributed by atoms with Crippen LogP contribution in [0.1, 0.15) is 17.3 Å². The molecule has 0 aliphatic carbocycles. The van der Waals surface area contributed by atoms with Gasteiger partial charge < -0.3 is 4.74 Å². The van der Waals surface area contributed by atoms with Crippen molar-refractivity contribution in [3.8, 4) is 5.75 Å². The first-order valence-corrected chi connectivity index (χ1v) is 8.21. The van der Waals surface area contributed by atoms with E-state index in [0.29, 0.717) is 12.4 Å². The smallest absolute Gasteiger partial charge is 0.266 e. The molecule has 0 aliphatic heterocycles. The number of amides is 1. The maximum Gasteiger partial charge on any atom is 0.266 e. The number of rotatable bonds is 6. The van der Waals surface area contributed by atoms with Gasteiger partial charge in [0.1, 0.15) is 11.6 Å². The molecule has 0 saturated heterocycles. The van der Waals surface area contributed by atoms with Crippen LogP contribution in [0, 0.1) is 5.82 Å². The summed E-state index contributed by atoms with van der Waals surface area (Å²) in [5.41, 5.74) is 2.19. The highest BCUT2D eigenvalue weighted by Gasteiger charge is 2.15. The minimum Gasteiger partial charge on any atom is -0.494 e. The van der Waals surface area contributed by atoms with Crippen LogP contribution in [0.2, 0.25) is 0 Å². The van der Waals surface area contributed by atoms with Crippen LogP contribution in [0.4, 0.5) is 4.39 Å². The molecule has 0 heterocycles. The van der Waals surface area contributed by atoms with Gasteiger partial charge in [-0.25, -0.2) is 12.8 Å². The van der Waals surface area contributed by atoms with Crippen LogP contribution in [0.3, 0.4) is 0 Å². The Morgan fingerprint density at radius 3 is 2.26 bits per heavy atom. The molecule has 0 fully saturated rings. The molecule has 2 aromatic rings. The van der Waals surface area contributed by atoms with E-state index in [-0.39, 0.29) is 10.5 Å². The summed E-state index contributed by atoms with van der Waals surface area (Å²) in [7, 11) is -3.91. The van der Waals surface area contributed by atoms with E-state index in [2.05, 4.69) is 5.43 Å². The van der Waals surface area contributed by atoms with Crippen molar-refractivity contribution in [3.63, 3.8) is 0 Å². The average Bonchev–Trinajstić information content (AvgIpc) is 2.54. The van der Waals surface area contributed by atoms with E-state index >= 15 is 0 Å². The minimum absolute atomic E-state index is 0.0274. The molecule has 0 saturated carbocycles. The van der Waals surface area contributed by atoms with Crippen LogP contribution in [0.15, 0.2) is 53.4 Å². The maximum atomic E-state index is 12.8. The van der Waals surface area contributed by atoms with Gasteiger partial charge in [0.2, 0.25) is 0 Å². The summed E-state index contributed by atoms with van der Waals surface area (Å²) in [4.78, 5) is 13.7. The molecule has 0 atom stereocenters. The monoisotopic (exact) mass is 338 g/mol. The molecular formula is C15H15FN2O4S. The SMILES string of the molecule is CCOc1ccc(S(=O)(=O)NNC(=O)c2ccc(F)cc2)cc1. The Bertz CT molecular complexity index is 774. The number of nitrogens with one attached hydrogen (secondary N) is 2. The lowest BCUT2D eigenvalue weighted by molar-refractivity contribution is 0.0945. The molecule has 0 aromatic heterocycles. The van der Waals surface area contributed by atoms with Crippen molar-refractivity contribution in [1.29, 1.82) is 0 Å². The number of hydrazine groups is 1. The second-order valence-corrected chi connectivity index (χ2v) is 6.15. The van der Waals surface area contributed by atoms with Crippen LogP contribution in [0.5, 0.6) is 5.75 Å². The second-order valence-electron chi connectivity index (χ2n) is 4.47. The Hall–Kier alpha value is -2.45. The van der Waals surface area contributed by atoms with Gasteiger partial charge in [-0.05, 0) is 55.5 Å². The van der Waals surface area contributed by atoms with E-state index in [1.54, 1.807) is 0 Å². The highest BCUT2D eigenvalue weighted by molar-refractivity contribution is 7.89. The Labute approximate surface area is 133 Å². The van der Waals surface area contributed by atoms with E-state index < -0.39 is 21.7 Å². The summed E-state index contributed by atoms with van der Waals surface area (Å²) in [6.45, 7) is 2.29. The zero-order valence-corrected chi connectivity index (χ0v) is 13.1. The van der Waals surface area contributed by atoms with E-state index in [1.807, 2.05) is 11.8 Å². The number of hydrogen-bond acceptors (Lipinski definition) is 4. The summed E-state index contributed by atoms with van der Waals surface area (Å²) in [6.07, 6.45) is 0. The molecule has 0 unspecified atom stereocenters. The number of carbonyl (C=O) groups excluding carboxylic acids is 1. The summed E-state index contributed by atoms with van der Waals surface area (Å²) < 4.78 is 42.1. The molecule has 6 nitrogen and oxygen atoms in total. The summed E-state index contributed by atoms with van der Waals surface area (Å²) >= 11 is 0. The minimum atomic E-state index is -3.91. The molecule has 2 N–H and O–H groups in total. The zero-order chi connectivity index (χ0) is 16.9. The van der Waals surface area contributed by atoms with Crippen molar-refractivity contribution in [2.75, 3.05) is 6.61 Å². The van der Waals surface area contributed by atoms with E-state index in [9.17, 15) is 17.6 Å². The first kappa shape index (κ1) is 16.9. The standard InChI is InChI=1S/C15H15FN2O4S/c1-2-22-13-7-9-14(10-8-13)23(20,21)18-17-15(19)11-3-5-12(16)6-4-11/h3-10,18H,2H2,1H3,(H,17,19). The van der Waals surface area contributed by atoms with Crippen molar-refractivity contribution in [2.45, 2.75) is 11.8 Å². The molecule has 23 heavy (non-hydrogen) atoms. The number of ether oxygens (including phenoxy) is 1. The molecule has 0 spiro atoms. The number of carbonyl (C=O) groups is 1. The summed E-state index contributed by atoms with van der Waals surface area (Å²) in [6, 6.07) is 10.5. The van der Waals surface area contributed by atoms with Gasteiger partial charge >= 0.3 is 0 Å². The molecule has 1 amide bonds. The third-order valence-electron chi connectivity index (χ3n) is 2.85. The third kappa shape index (κ3) is 4.51. The van der Waals surface area contributed by atoms with Gasteiger partial charge in [-0.1, -0.05) is 0 Å². The average molecular weight is 338 g/mol. The lowest BCUT2D eigenvalue weighted by atomic mass is 10.2.